The molecule has 1 atom stereocenters. The maximum atomic E-state index is 12.7. The van der Waals surface area contributed by atoms with E-state index in [0.717, 1.165) is 5.56 Å². The second kappa shape index (κ2) is 9.99. The van der Waals surface area contributed by atoms with Crippen molar-refractivity contribution in [2.45, 2.75) is 18.6 Å². The van der Waals surface area contributed by atoms with Crippen molar-refractivity contribution in [2.75, 3.05) is 31.9 Å². The highest BCUT2D eigenvalue weighted by Crippen LogP contribution is 2.36. The van der Waals surface area contributed by atoms with Crippen molar-refractivity contribution in [3.63, 3.8) is 0 Å². The molecule has 3 rings (SSSR count). The van der Waals surface area contributed by atoms with Crippen molar-refractivity contribution in [1.82, 2.24) is 9.80 Å². The first-order valence-corrected chi connectivity index (χ1v) is 11.0. The van der Waals surface area contributed by atoms with Gasteiger partial charge < -0.3 is 9.80 Å². The van der Waals surface area contributed by atoms with Crippen LogP contribution in [-0.2, 0) is 9.59 Å². The van der Waals surface area contributed by atoms with Gasteiger partial charge in [-0.3, -0.25) is 9.59 Å². The molecule has 0 N–H and O–H groups in total. The quantitative estimate of drug-likeness (QED) is 0.707. The van der Waals surface area contributed by atoms with Gasteiger partial charge >= 0.3 is 0 Å². The summed E-state index contributed by atoms with van der Waals surface area (Å²) in [4.78, 5) is 28.3. The van der Waals surface area contributed by atoms with E-state index < -0.39 is 0 Å². The molecule has 1 fully saturated rings. The standard InChI is InChI=1S/C22H25ClN2O2S/c1-2-20(26)24-12-14-25(15-13-24)21(27)16-28-22(17-6-4-3-5-7-17)18-8-10-19(23)11-9-18/h3-11,22H,2,12-16H2,1H3. The van der Waals surface area contributed by atoms with Gasteiger partial charge in [-0.05, 0) is 23.3 Å². The van der Waals surface area contributed by atoms with Gasteiger partial charge in [0, 0.05) is 37.6 Å². The van der Waals surface area contributed by atoms with Crippen LogP contribution in [0.1, 0.15) is 29.7 Å². The molecule has 28 heavy (non-hydrogen) atoms. The molecule has 2 aromatic rings. The number of thioether (sulfide) groups is 1. The molecule has 1 heterocycles. The number of amides is 2. The number of rotatable bonds is 6. The van der Waals surface area contributed by atoms with Crippen LogP contribution in [0.25, 0.3) is 0 Å². The van der Waals surface area contributed by atoms with Crippen molar-refractivity contribution >= 4 is 35.2 Å². The number of hydrogen-bond donors (Lipinski definition) is 0. The van der Waals surface area contributed by atoms with Crippen molar-refractivity contribution in [3.05, 3.63) is 70.7 Å². The molecular formula is C22H25ClN2O2S. The summed E-state index contributed by atoms with van der Waals surface area (Å²) in [6.45, 7) is 4.35. The summed E-state index contributed by atoms with van der Waals surface area (Å²) >= 11 is 7.67. The smallest absolute Gasteiger partial charge is 0.232 e. The minimum absolute atomic E-state index is 0.0744. The van der Waals surface area contributed by atoms with Gasteiger partial charge in [-0.1, -0.05) is 61.0 Å². The summed E-state index contributed by atoms with van der Waals surface area (Å²) in [5.41, 5.74) is 2.30. The molecule has 148 valence electrons. The Hall–Kier alpha value is -1.98. The van der Waals surface area contributed by atoms with Crippen molar-refractivity contribution in [2.24, 2.45) is 0 Å². The van der Waals surface area contributed by atoms with Gasteiger partial charge in [0.1, 0.15) is 0 Å². The predicted octanol–water partition coefficient (Wildman–Crippen LogP) is 4.24. The van der Waals surface area contributed by atoms with Crippen LogP contribution in [0, 0.1) is 0 Å². The van der Waals surface area contributed by atoms with E-state index in [0.29, 0.717) is 43.4 Å². The van der Waals surface area contributed by atoms with Gasteiger partial charge in [-0.25, -0.2) is 0 Å². The lowest BCUT2D eigenvalue weighted by Crippen LogP contribution is -2.51. The number of hydrogen-bond acceptors (Lipinski definition) is 3. The molecule has 0 aromatic heterocycles. The molecule has 2 aromatic carbocycles. The minimum atomic E-state index is 0.0744. The Kier molecular flexibility index (Phi) is 7.40. The molecule has 0 spiro atoms. The van der Waals surface area contributed by atoms with Gasteiger partial charge in [-0.15, -0.1) is 11.8 Å². The van der Waals surface area contributed by atoms with Gasteiger partial charge in [0.2, 0.25) is 11.8 Å². The molecule has 0 saturated carbocycles. The second-order valence-electron chi connectivity index (χ2n) is 6.77. The third-order valence-electron chi connectivity index (χ3n) is 4.94. The molecule has 0 aliphatic carbocycles. The first-order valence-electron chi connectivity index (χ1n) is 9.56. The summed E-state index contributed by atoms with van der Waals surface area (Å²) in [6.07, 6.45) is 0.518. The van der Waals surface area contributed by atoms with Crippen LogP contribution in [-0.4, -0.2) is 53.5 Å². The van der Waals surface area contributed by atoms with Gasteiger partial charge in [0.15, 0.2) is 0 Å². The fourth-order valence-electron chi connectivity index (χ4n) is 3.33. The van der Waals surface area contributed by atoms with Crippen LogP contribution in [0.3, 0.4) is 0 Å². The van der Waals surface area contributed by atoms with E-state index in [4.69, 9.17) is 11.6 Å². The third kappa shape index (κ3) is 5.30. The molecule has 1 saturated heterocycles. The Balaban J connectivity index is 1.63. The second-order valence-corrected chi connectivity index (χ2v) is 8.30. The Morgan fingerprint density at radius 1 is 0.893 bits per heavy atom. The van der Waals surface area contributed by atoms with E-state index in [-0.39, 0.29) is 17.1 Å². The SMILES string of the molecule is CCC(=O)N1CCN(C(=O)CSC(c2ccccc2)c2ccc(Cl)cc2)CC1. The third-order valence-corrected chi connectivity index (χ3v) is 6.48. The van der Waals surface area contributed by atoms with Crippen LogP contribution < -0.4 is 0 Å². The largest absolute Gasteiger partial charge is 0.339 e. The van der Waals surface area contributed by atoms with E-state index in [1.54, 1.807) is 11.8 Å². The number of halogens is 1. The minimum Gasteiger partial charge on any atom is -0.339 e. The monoisotopic (exact) mass is 416 g/mol. The van der Waals surface area contributed by atoms with Crippen molar-refractivity contribution in [1.29, 1.82) is 0 Å². The first kappa shape index (κ1) is 20.7. The van der Waals surface area contributed by atoms with E-state index in [9.17, 15) is 9.59 Å². The van der Waals surface area contributed by atoms with E-state index in [2.05, 4.69) is 12.1 Å². The van der Waals surface area contributed by atoms with Crippen LogP contribution in [0.15, 0.2) is 54.6 Å². The van der Waals surface area contributed by atoms with Gasteiger partial charge in [0.25, 0.3) is 0 Å². The van der Waals surface area contributed by atoms with E-state index in [1.165, 1.54) is 5.56 Å². The highest BCUT2D eigenvalue weighted by atomic mass is 35.5. The predicted molar refractivity (Wildman–Crippen MR) is 116 cm³/mol. The number of carbonyl (C=O) groups excluding carboxylic acids is 2. The molecule has 0 radical (unpaired) electrons. The Morgan fingerprint density at radius 3 is 2.00 bits per heavy atom. The Morgan fingerprint density at radius 2 is 1.43 bits per heavy atom. The summed E-state index contributed by atoms with van der Waals surface area (Å²) in [7, 11) is 0. The zero-order valence-corrected chi connectivity index (χ0v) is 17.6. The van der Waals surface area contributed by atoms with Crippen LogP contribution in [0.2, 0.25) is 5.02 Å². The summed E-state index contributed by atoms with van der Waals surface area (Å²) in [5.74, 6) is 0.695. The Bertz CT molecular complexity index is 790. The average Bonchev–Trinajstić information content (AvgIpc) is 2.75. The van der Waals surface area contributed by atoms with Gasteiger partial charge in [0.05, 0.1) is 11.0 Å². The van der Waals surface area contributed by atoms with E-state index in [1.807, 2.05) is 59.2 Å². The molecule has 6 heteroatoms. The molecule has 1 unspecified atom stereocenters. The van der Waals surface area contributed by atoms with E-state index >= 15 is 0 Å². The normalized spacial score (nSPS) is 15.4. The van der Waals surface area contributed by atoms with Gasteiger partial charge in [-0.2, -0.15) is 0 Å². The Labute approximate surface area is 175 Å². The van der Waals surface area contributed by atoms with Crippen LogP contribution in [0.5, 0.6) is 0 Å². The van der Waals surface area contributed by atoms with Crippen LogP contribution in [0.4, 0.5) is 0 Å². The topological polar surface area (TPSA) is 40.6 Å². The molecule has 2 amide bonds. The summed E-state index contributed by atoms with van der Waals surface area (Å²) in [5, 5.41) is 0.779. The average molecular weight is 417 g/mol. The maximum absolute atomic E-state index is 12.7. The lowest BCUT2D eigenvalue weighted by molar-refractivity contribution is -0.137. The molecular weight excluding hydrogens is 392 g/mol. The fraction of sp³-hybridized carbons (Fsp3) is 0.364. The number of piperazine rings is 1. The van der Waals surface area contributed by atoms with Crippen LogP contribution >= 0.6 is 23.4 Å². The molecule has 1 aliphatic heterocycles. The lowest BCUT2D eigenvalue weighted by Gasteiger charge is -2.35. The fourth-order valence-corrected chi connectivity index (χ4v) is 4.64. The lowest BCUT2D eigenvalue weighted by atomic mass is 10.0. The highest BCUT2D eigenvalue weighted by molar-refractivity contribution is 8.00. The molecule has 0 bridgehead atoms. The zero-order valence-electron chi connectivity index (χ0n) is 16.0. The number of carbonyl (C=O) groups is 2. The first-order chi connectivity index (χ1) is 13.6. The van der Waals surface area contributed by atoms with Crippen molar-refractivity contribution < 1.29 is 9.59 Å². The highest BCUT2D eigenvalue weighted by Gasteiger charge is 2.24. The zero-order chi connectivity index (χ0) is 19.9. The number of benzene rings is 2. The summed E-state index contributed by atoms with van der Waals surface area (Å²) in [6, 6.07) is 18.0. The molecule has 1 aliphatic rings. The number of nitrogens with zero attached hydrogens (tertiary/aromatic N) is 2. The van der Waals surface area contributed by atoms with Crippen molar-refractivity contribution in [3.8, 4) is 0 Å². The summed E-state index contributed by atoms with van der Waals surface area (Å²) < 4.78 is 0. The molecule has 4 nitrogen and oxygen atoms in total. The maximum Gasteiger partial charge on any atom is 0.232 e.